The van der Waals surface area contributed by atoms with Gasteiger partial charge in [-0.1, -0.05) is 30.3 Å². The van der Waals surface area contributed by atoms with Gasteiger partial charge in [-0.3, -0.25) is 4.79 Å². The van der Waals surface area contributed by atoms with E-state index in [1.807, 2.05) is 53.4 Å². The first-order valence-corrected chi connectivity index (χ1v) is 12.2. The quantitative estimate of drug-likeness (QED) is 0.617. The SMILES string of the molecule is COc1ccc(C=C2CCCc3c2nc2ccccc2c3C(=O)N2CCCN(C(N)=O)CC2)cc1. The maximum absolute atomic E-state index is 14.0. The fourth-order valence-corrected chi connectivity index (χ4v) is 5.12. The number of aromatic nitrogens is 1. The Morgan fingerprint density at radius 2 is 1.69 bits per heavy atom. The normalized spacial score (nSPS) is 17.2. The summed E-state index contributed by atoms with van der Waals surface area (Å²) in [6.45, 7) is 2.10. The van der Waals surface area contributed by atoms with Crippen LogP contribution >= 0.6 is 0 Å². The van der Waals surface area contributed by atoms with E-state index in [2.05, 4.69) is 6.08 Å². The van der Waals surface area contributed by atoms with Crippen LogP contribution in [-0.4, -0.2) is 60.0 Å². The van der Waals surface area contributed by atoms with Crippen molar-refractivity contribution in [2.45, 2.75) is 25.7 Å². The molecule has 2 aliphatic rings. The number of hydrogen-bond acceptors (Lipinski definition) is 4. The first-order chi connectivity index (χ1) is 17.0. The molecule has 3 amide bonds. The van der Waals surface area contributed by atoms with Crippen LogP contribution < -0.4 is 10.5 Å². The van der Waals surface area contributed by atoms with Crippen molar-refractivity contribution >= 4 is 34.5 Å². The number of benzene rings is 2. The molecule has 0 atom stereocenters. The van der Waals surface area contributed by atoms with Crippen LogP contribution in [0.2, 0.25) is 0 Å². The molecule has 1 aromatic heterocycles. The summed E-state index contributed by atoms with van der Waals surface area (Å²) in [5.74, 6) is 0.831. The molecule has 2 heterocycles. The second-order valence-corrected chi connectivity index (χ2v) is 9.10. The molecule has 1 aliphatic carbocycles. The van der Waals surface area contributed by atoms with Crippen molar-refractivity contribution in [3.63, 3.8) is 0 Å². The van der Waals surface area contributed by atoms with Gasteiger partial charge >= 0.3 is 6.03 Å². The number of para-hydroxylation sites is 1. The zero-order chi connectivity index (χ0) is 24.4. The minimum Gasteiger partial charge on any atom is -0.497 e. The lowest BCUT2D eigenvalue weighted by Gasteiger charge is -2.27. The molecular formula is C28H30N4O3. The first kappa shape index (κ1) is 22.9. The summed E-state index contributed by atoms with van der Waals surface area (Å²) in [5, 5.41) is 0.887. The van der Waals surface area contributed by atoms with E-state index in [0.29, 0.717) is 32.6 Å². The van der Waals surface area contributed by atoms with Gasteiger partial charge in [0.15, 0.2) is 0 Å². The summed E-state index contributed by atoms with van der Waals surface area (Å²) in [7, 11) is 1.66. The Morgan fingerprint density at radius 3 is 2.46 bits per heavy atom. The van der Waals surface area contributed by atoms with Crippen LogP contribution in [-0.2, 0) is 6.42 Å². The molecular weight excluding hydrogens is 440 g/mol. The number of nitrogens with zero attached hydrogens (tertiary/aromatic N) is 3. The van der Waals surface area contributed by atoms with Gasteiger partial charge in [0.25, 0.3) is 5.91 Å². The summed E-state index contributed by atoms with van der Waals surface area (Å²) < 4.78 is 5.29. The number of hydrogen-bond donors (Lipinski definition) is 1. The lowest BCUT2D eigenvalue weighted by Crippen LogP contribution is -2.40. The lowest BCUT2D eigenvalue weighted by molar-refractivity contribution is 0.0763. The number of fused-ring (bicyclic) bond motifs is 2. The highest BCUT2D eigenvalue weighted by atomic mass is 16.5. The molecule has 1 aliphatic heterocycles. The number of carbonyl (C=O) groups excluding carboxylic acids is 2. The van der Waals surface area contributed by atoms with Crippen LogP contribution in [0.1, 0.15) is 46.4 Å². The third kappa shape index (κ3) is 4.58. The van der Waals surface area contributed by atoms with E-state index in [4.69, 9.17) is 15.5 Å². The second kappa shape index (κ2) is 9.78. The molecule has 5 rings (SSSR count). The van der Waals surface area contributed by atoms with Gasteiger partial charge in [0.2, 0.25) is 0 Å². The van der Waals surface area contributed by atoms with E-state index in [9.17, 15) is 9.59 Å². The summed E-state index contributed by atoms with van der Waals surface area (Å²) >= 11 is 0. The van der Waals surface area contributed by atoms with Gasteiger partial charge in [0.05, 0.1) is 23.9 Å². The van der Waals surface area contributed by atoms with Crippen LogP contribution in [0.4, 0.5) is 4.79 Å². The van der Waals surface area contributed by atoms with Gasteiger partial charge in [-0.15, -0.1) is 0 Å². The molecule has 1 fully saturated rings. The minimum absolute atomic E-state index is 0.0110. The zero-order valence-corrected chi connectivity index (χ0v) is 20.0. The van der Waals surface area contributed by atoms with Crippen LogP contribution in [0.25, 0.3) is 22.6 Å². The van der Waals surface area contributed by atoms with Gasteiger partial charge in [-0.2, -0.15) is 0 Å². The van der Waals surface area contributed by atoms with Crippen molar-refractivity contribution in [1.82, 2.24) is 14.8 Å². The van der Waals surface area contributed by atoms with Crippen molar-refractivity contribution < 1.29 is 14.3 Å². The number of primary amides is 1. The molecule has 7 nitrogen and oxygen atoms in total. The number of methoxy groups -OCH3 is 1. The zero-order valence-electron chi connectivity index (χ0n) is 20.0. The Bertz CT molecular complexity index is 1300. The average molecular weight is 471 g/mol. The molecule has 35 heavy (non-hydrogen) atoms. The first-order valence-electron chi connectivity index (χ1n) is 12.2. The standard InChI is InChI=1S/C28H30N4O3/c1-35-21-12-10-19(11-13-21)18-20-6-4-8-23-25(22-7-2-3-9-24(22)30-26(20)23)27(33)31-14-5-15-32(17-16-31)28(29)34/h2-3,7,9-13,18H,4-6,8,14-17H2,1H3,(H2,29,34). The molecule has 0 unspecified atom stereocenters. The van der Waals surface area contributed by atoms with Crippen LogP contribution in [0.15, 0.2) is 48.5 Å². The predicted octanol–water partition coefficient (Wildman–Crippen LogP) is 4.35. The molecule has 2 aromatic carbocycles. The number of rotatable bonds is 3. The Morgan fingerprint density at radius 1 is 0.943 bits per heavy atom. The van der Waals surface area contributed by atoms with E-state index >= 15 is 0 Å². The van der Waals surface area contributed by atoms with E-state index in [1.165, 1.54) is 0 Å². The monoisotopic (exact) mass is 470 g/mol. The largest absolute Gasteiger partial charge is 0.497 e. The lowest BCUT2D eigenvalue weighted by atomic mass is 9.85. The fraction of sp³-hybridized carbons (Fsp3) is 0.321. The van der Waals surface area contributed by atoms with Gasteiger partial charge in [0, 0.05) is 31.6 Å². The number of amides is 3. The van der Waals surface area contributed by atoms with E-state index in [-0.39, 0.29) is 5.91 Å². The van der Waals surface area contributed by atoms with E-state index in [1.54, 1.807) is 12.0 Å². The number of urea groups is 1. The smallest absolute Gasteiger partial charge is 0.314 e. The molecule has 2 N–H and O–H groups in total. The van der Waals surface area contributed by atoms with Gasteiger partial charge in [-0.25, -0.2) is 9.78 Å². The fourth-order valence-electron chi connectivity index (χ4n) is 5.12. The third-order valence-corrected chi connectivity index (χ3v) is 6.94. The van der Waals surface area contributed by atoms with Crippen LogP contribution in [0.3, 0.4) is 0 Å². The van der Waals surface area contributed by atoms with Crippen molar-refractivity contribution in [1.29, 1.82) is 0 Å². The summed E-state index contributed by atoms with van der Waals surface area (Å²) in [4.78, 5) is 34.2. The maximum Gasteiger partial charge on any atom is 0.314 e. The number of allylic oxidation sites excluding steroid dienone is 1. The van der Waals surface area contributed by atoms with E-state index < -0.39 is 6.03 Å². The van der Waals surface area contributed by atoms with E-state index in [0.717, 1.165) is 63.9 Å². The molecule has 0 spiro atoms. The average Bonchev–Trinajstić information content (AvgIpc) is 3.14. The molecule has 0 radical (unpaired) electrons. The topological polar surface area (TPSA) is 88.8 Å². The highest BCUT2D eigenvalue weighted by molar-refractivity contribution is 6.09. The maximum atomic E-state index is 14.0. The predicted molar refractivity (Wildman–Crippen MR) is 137 cm³/mol. The summed E-state index contributed by atoms with van der Waals surface area (Å²) in [6.07, 6.45) is 5.57. The number of carbonyl (C=O) groups is 2. The Hall–Kier alpha value is -3.87. The minimum atomic E-state index is -0.431. The number of pyridine rings is 1. The van der Waals surface area contributed by atoms with Gasteiger partial charge < -0.3 is 20.3 Å². The molecule has 180 valence electrons. The van der Waals surface area contributed by atoms with Crippen LogP contribution in [0.5, 0.6) is 5.75 Å². The third-order valence-electron chi connectivity index (χ3n) is 6.94. The van der Waals surface area contributed by atoms with Gasteiger partial charge in [-0.05, 0) is 66.7 Å². The Kier molecular flexibility index (Phi) is 6.40. The van der Waals surface area contributed by atoms with Gasteiger partial charge in [0.1, 0.15) is 5.75 Å². The molecule has 1 saturated heterocycles. The Labute approximate surface area is 205 Å². The summed E-state index contributed by atoms with van der Waals surface area (Å²) in [6, 6.07) is 15.4. The molecule has 0 saturated carbocycles. The Balaban J connectivity index is 1.57. The highest BCUT2D eigenvalue weighted by Gasteiger charge is 2.29. The second-order valence-electron chi connectivity index (χ2n) is 9.10. The molecule has 0 bridgehead atoms. The van der Waals surface area contributed by atoms with Crippen LogP contribution in [0, 0.1) is 0 Å². The van der Waals surface area contributed by atoms with Crippen molar-refractivity contribution in [3.05, 3.63) is 70.9 Å². The van der Waals surface area contributed by atoms with Crippen molar-refractivity contribution in [2.24, 2.45) is 5.73 Å². The summed E-state index contributed by atoms with van der Waals surface area (Å²) in [5.41, 5.74) is 11.2. The number of ether oxygens (including phenoxy) is 1. The molecule has 3 aromatic rings. The van der Waals surface area contributed by atoms with Crippen molar-refractivity contribution in [3.8, 4) is 5.75 Å². The van der Waals surface area contributed by atoms with Crippen molar-refractivity contribution in [2.75, 3.05) is 33.3 Å². The highest BCUT2D eigenvalue weighted by Crippen LogP contribution is 2.37. The molecule has 7 heteroatoms. The number of nitrogens with two attached hydrogens (primary N) is 1.